The van der Waals surface area contributed by atoms with Gasteiger partial charge in [-0.05, 0) is 42.8 Å². The zero-order valence-electron chi connectivity index (χ0n) is 14.9. The predicted molar refractivity (Wildman–Crippen MR) is 105 cm³/mol. The summed E-state index contributed by atoms with van der Waals surface area (Å²) in [5.74, 6) is 0.0218. The lowest BCUT2D eigenvalue weighted by Crippen LogP contribution is -2.13. The molecule has 0 spiro atoms. The maximum Gasteiger partial charge on any atom is 0.270 e. The van der Waals surface area contributed by atoms with Gasteiger partial charge in [0.15, 0.2) is 5.58 Å². The normalized spacial score (nSPS) is 10.8. The second-order valence-electron chi connectivity index (χ2n) is 6.28. The van der Waals surface area contributed by atoms with Crippen molar-refractivity contribution in [3.63, 3.8) is 0 Å². The summed E-state index contributed by atoms with van der Waals surface area (Å²) in [6.07, 6.45) is 0. The zero-order valence-corrected chi connectivity index (χ0v) is 14.9. The van der Waals surface area contributed by atoms with Crippen LogP contribution in [0.15, 0.2) is 71.1 Å². The number of hydrogen-bond donors (Lipinski definition) is 1. The van der Waals surface area contributed by atoms with Crippen LogP contribution in [0, 0.1) is 17.0 Å². The number of fused-ring (bicyclic) bond motifs is 1. The number of nitro groups is 1. The molecule has 7 nitrogen and oxygen atoms in total. The molecule has 7 heteroatoms. The number of carbonyl (C=O) groups excluding carboxylic acids is 1. The van der Waals surface area contributed by atoms with E-state index >= 15 is 0 Å². The average molecular weight is 373 g/mol. The van der Waals surface area contributed by atoms with Crippen molar-refractivity contribution in [2.45, 2.75) is 6.92 Å². The smallest absolute Gasteiger partial charge is 0.270 e. The van der Waals surface area contributed by atoms with Crippen molar-refractivity contribution in [2.75, 3.05) is 5.32 Å². The third kappa shape index (κ3) is 3.33. The number of rotatable bonds is 4. The first-order valence-corrected chi connectivity index (χ1v) is 8.54. The van der Waals surface area contributed by atoms with E-state index in [4.69, 9.17) is 4.42 Å². The van der Waals surface area contributed by atoms with E-state index < -0.39 is 10.8 Å². The quantitative estimate of drug-likeness (QED) is 0.402. The Hall–Kier alpha value is -4.00. The van der Waals surface area contributed by atoms with Crippen molar-refractivity contribution >= 4 is 28.4 Å². The van der Waals surface area contributed by atoms with Gasteiger partial charge in [0.05, 0.1) is 4.92 Å². The molecular formula is C21H15N3O4. The molecule has 0 atom stereocenters. The highest BCUT2D eigenvalue weighted by atomic mass is 16.6. The summed E-state index contributed by atoms with van der Waals surface area (Å²) < 4.78 is 5.78. The summed E-state index contributed by atoms with van der Waals surface area (Å²) in [5, 5.41) is 13.7. The van der Waals surface area contributed by atoms with Crippen LogP contribution in [0.4, 0.5) is 11.4 Å². The van der Waals surface area contributed by atoms with Crippen LogP contribution in [-0.4, -0.2) is 15.8 Å². The fraction of sp³-hybridized carbons (Fsp3) is 0.0476. The molecule has 1 aromatic heterocycles. The molecule has 4 rings (SSSR count). The number of benzene rings is 3. The third-order valence-corrected chi connectivity index (χ3v) is 4.35. The summed E-state index contributed by atoms with van der Waals surface area (Å²) in [6.45, 7) is 1.86. The molecule has 0 unspecified atom stereocenters. The van der Waals surface area contributed by atoms with Gasteiger partial charge in [0.25, 0.3) is 11.6 Å². The number of oxazole rings is 1. The molecule has 28 heavy (non-hydrogen) atoms. The van der Waals surface area contributed by atoms with Crippen molar-refractivity contribution in [3.8, 4) is 11.5 Å². The van der Waals surface area contributed by atoms with Gasteiger partial charge in [-0.2, -0.15) is 0 Å². The van der Waals surface area contributed by atoms with Gasteiger partial charge in [-0.15, -0.1) is 0 Å². The van der Waals surface area contributed by atoms with Gasteiger partial charge in [-0.25, -0.2) is 4.98 Å². The van der Waals surface area contributed by atoms with E-state index in [1.807, 2.05) is 43.3 Å². The van der Waals surface area contributed by atoms with E-state index in [-0.39, 0.29) is 11.3 Å². The Morgan fingerprint density at radius 1 is 1.07 bits per heavy atom. The second-order valence-corrected chi connectivity index (χ2v) is 6.28. The van der Waals surface area contributed by atoms with Gasteiger partial charge in [-0.3, -0.25) is 14.9 Å². The fourth-order valence-corrected chi connectivity index (χ4v) is 2.84. The van der Waals surface area contributed by atoms with E-state index in [9.17, 15) is 14.9 Å². The fourth-order valence-electron chi connectivity index (χ4n) is 2.84. The van der Waals surface area contributed by atoms with Gasteiger partial charge in [0.1, 0.15) is 5.52 Å². The molecule has 0 fully saturated rings. The number of nitro benzene ring substituents is 1. The molecule has 0 saturated carbocycles. The Morgan fingerprint density at radius 3 is 2.68 bits per heavy atom. The van der Waals surface area contributed by atoms with E-state index in [1.165, 1.54) is 24.3 Å². The number of hydrogen-bond acceptors (Lipinski definition) is 5. The van der Waals surface area contributed by atoms with Gasteiger partial charge in [0.2, 0.25) is 5.89 Å². The van der Waals surface area contributed by atoms with Gasteiger partial charge in [0, 0.05) is 28.9 Å². The summed E-state index contributed by atoms with van der Waals surface area (Å²) in [5.41, 5.74) is 3.65. The number of non-ortho nitro benzene ring substituents is 1. The number of nitrogens with zero attached hydrogens (tertiary/aromatic N) is 2. The highest BCUT2D eigenvalue weighted by molar-refractivity contribution is 6.05. The van der Waals surface area contributed by atoms with Crippen molar-refractivity contribution in [3.05, 3.63) is 88.0 Å². The maximum absolute atomic E-state index is 12.6. The van der Waals surface area contributed by atoms with Crippen LogP contribution in [0.2, 0.25) is 0 Å². The molecule has 0 bridgehead atoms. The van der Waals surface area contributed by atoms with Crippen LogP contribution in [0.25, 0.3) is 22.6 Å². The molecule has 1 heterocycles. The van der Waals surface area contributed by atoms with Crippen LogP contribution in [0.5, 0.6) is 0 Å². The summed E-state index contributed by atoms with van der Waals surface area (Å²) >= 11 is 0. The highest BCUT2D eigenvalue weighted by Gasteiger charge is 2.14. The van der Waals surface area contributed by atoms with E-state index in [1.54, 1.807) is 6.07 Å². The van der Waals surface area contributed by atoms with Crippen molar-refractivity contribution < 1.29 is 14.1 Å². The third-order valence-electron chi connectivity index (χ3n) is 4.35. The Balaban J connectivity index is 1.65. The van der Waals surface area contributed by atoms with Crippen LogP contribution in [-0.2, 0) is 0 Å². The van der Waals surface area contributed by atoms with E-state index in [0.29, 0.717) is 17.2 Å². The zero-order chi connectivity index (χ0) is 19.7. The minimum Gasteiger partial charge on any atom is -0.436 e. The SMILES string of the molecule is Cc1ccc(-c2nc3ccccc3o2)cc1NC(=O)c1cccc([N+](=O)[O-])c1. The number of anilines is 1. The first-order chi connectivity index (χ1) is 13.5. The number of amides is 1. The van der Waals surface area contributed by atoms with Crippen LogP contribution in [0.3, 0.4) is 0 Å². The summed E-state index contributed by atoms with van der Waals surface area (Å²) in [4.78, 5) is 27.4. The monoisotopic (exact) mass is 373 g/mol. The lowest BCUT2D eigenvalue weighted by atomic mass is 10.1. The molecule has 0 saturated heterocycles. The second kappa shape index (κ2) is 6.96. The number of aryl methyl sites for hydroxylation is 1. The Bertz CT molecular complexity index is 1180. The Labute approximate surface area is 159 Å². The van der Waals surface area contributed by atoms with Gasteiger partial charge < -0.3 is 9.73 Å². The molecule has 0 aliphatic carbocycles. The van der Waals surface area contributed by atoms with Crippen molar-refractivity contribution in [2.24, 2.45) is 0 Å². The lowest BCUT2D eigenvalue weighted by molar-refractivity contribution is -0.384. The molecule has 138 valence electrons. The first kappa shape index (κ1) is 17.4. The number of aromatic nitrogens is 1. The van der Waals surface area contributed by atoms with Gasteiger partial charge in [-0.1, -0.05) is 24.3 Å². The predicted octanol–water partition coefficient (Wildman–Crippen LogP) is 4.96. The summed E-state index contributed by atoms with van der Waals surface area (Å²) in [7, 11) is 0. The molecule has 3 aromatic carbocycles. The van der Waals surface area contributed by atoms with E-state index in [0.717, 1.165) is 16.6 Å². The Kier molecular flexibility index (Phi) is 4.33. The first-order valence-electron chi connectivity index (χ1n) is 8.54. The molecule has 0 aliphatic rings. The highest BCUT2D eigenvalue weighted by Crippen LogP contribution is 2.28. The average Bonchev–Trinajstić information content (AvgIpc) is 3.14. The number of para-hydroxylation sites is 2. The standard InChI is InChI=1S/C21H15N3O4/c1-13-9-10-15(21-23-17-7-2-3-8-19(17)28-21)12-18(13)22-20(25)14-5-4-6-16(11-14)24(26)27/h2-12H,1H3,(H,22,25). The maximum atomic E-state index is 12.6. The molecule has 0 radical (unpaired) electrons. The van der Waals surface area contributed by atoms with Crippen molar-refractivity contribution in [1.29, 1.82) is 0 Å². The minimum atomic E-state index is -0.532. The minimum absolute atomic E-state index is 0.135. The number of carbonyl (C=O) groups is 1. The van der Waals surface area contributed by atoms with E-state index in [2.05, 4.69) is 10.3 Å². The molecular weight excluding hydrogens is 358 g/mol. The molecule has 4 aromatic rings. The Morgan fingerprint density at radius 2 is 1.89 bits per heavy atom. The van der Waals surface area contributed by atoms with Crippen LogP contribution < -0.4 is 5.32 Å². The van der Waals surface area contributed by atoms with Crippen LogP contribution in [0.1, 0.15) is 15.9 Å². The topological polar surface area (TPSA) is 98.3 Å². The van der Waals surface area contributed by atoms with Crippen LogP contribution >= 0.6 is 0 Å². The number of nitrogens with one attached hydrogen (secondary N) is 1. The van der Waals surface area contributed by atoms with Crippen molar-refractivity contribution in [1.82, 2.24) is 4.98 Å². The molecule has 0 aliphatic heterocycles. The molecule has 1 amide bonds. The molecule has 1 N–H and O–H groups in total. The largest absolute Gasteiger partial charge is 0.436 e. The summed E-state index contributed by atoms with van der Waals surface area (Å²) in [6, 6.07) is 18.5. The lowest BCUT2D eigenvalue weighted by Gasteiger charge is -2.09. The van der Waals surface area contributed by atoms with Gasteiger partial charge >= 0.3 is 0 Å².